The summed E-state index contributed by atoms with van der Waals surface area (Å²) in [6.07, 6.45) is 0.961. The predicted octanol–water partition coefficient (Wildman–Crippen LogP) is 2.46. The van der Waals surface area contributed by atoms with Crippen LogP contribution in [0.4, 0.5) is 0 Å². The quantitative estimate of drug-likeness (QED) is 0.328. The van der Waals surface area contributed by atoms with Gasteiger partial charge in [-0.2, -0.15) is 0 Å². The van der Waals surface area contributed by atoms with E-state index in [1.54, 1.807) is 14.1 Å². The molecule has 0 atom stereocenters. The zero-order chi connectivity index (χ0) is 20.6. The molecule has 0 spiro atoms. The number of aryl methyl sites for hydroxylation is 2. The maximum absolute atomic E-state index is 11.6. The highest BCUT2D eigenvalue weighted by atomic mass is 16.1. The van der Waals surface area contributed by atoms with Crippen LogP contribution in [0.5, 0.6) is 0 Å². The number of aromatic nitrogens is 2. The Kier molecular flexibility index (Phi) is 6.84. The lowest BCUT2D eigenvalue weighted by Crippen LogP contribution is -2.37. The maximum Gasteiger partial charge on any atom is 0.251 e. The lowest BCUT2D eigenvalue weighted by Gasteiger charge is -2.13. The predicted molar refractivity (Wildman–Crippen MR) is 117 cm³/mol. The van der Waals surface area contributed by atoms with Crippen molar-refractivity contribution in [3.8, 4) is 0 Å². The van der Waals surface area contributed by atoms with Crippen molar-refractivity contribution in [2.75, 3.05) is 20.6 Å². The Labute approximate surface area is 171 Å². The third-order valence-electron chi connectivity index (χ3n) is 4.82. The van der Waals surface area contributed by atoms with Gasteiger partial charge in [-0.25, -0.2) is 4.98 Å². The molecule has 0 aliphatic carbocycles. The van der Waals surface area contributed by atoms with Gasteiger partial charge in [0.15, 0.2) is 5.96 Å². The van der Waals surface area contributed by atoms with E-state index < -0.39 is 0 Å². The van der Waals surface area contributed by atoms with E-state index >= 15 is 0 Å². The van der Waals surface area contributed by atoms with Crippen LogP contribution in [-0.2, 0) is 13.1 Å². The van der Waals surface area contributed by atoms with Crippen molar-refractivity contribution in [1.29, 1.82) is 0 Å². The molecule has 1 aromatic heterocycles. The number of imidazole rings is 1. The van der Waals surface area contributed by atoms with Gasteiger partial charge in [-0.15, -0.1) is 0 Å². The van der Waals surface area contributed by atoms with Gasteiger partial charge in [-0.1, -0.05) is 24.3 Å². The molecule has 1 heterocycles. The van der Waals surface area contributed by atoms with Crippen molar-refractivity contribution < 1.29 is 4.79 Å². The Morgan fingerprint density at radius 2 is 1.86 bits per heavy atom. The van der Waals surface area contributed by atoms with E-state index in [-0.39, 0.29) is 5.91 Å². The molecule has 0 saturated heterocycles. The van der Waals surface area contributed by atoms with Crippen molar-refractivity contribution in [1.82, 2.24) is 25.5 Å². The first kappa shape index (κ1) is 20.4. The number of nitrogens with one attached hydrogen (secondary N) is 3. The first-order chi connectivity index (χ1) is 14.1. The van der Waals surface area contributed by atoms with E-state index in [2.05, 4.69) is 36.6 Å². The van der Waals surface area contributed by atoms with Gasteiger partial charge in [-0.05, 0) is 43.2 Å². The lowest BCUT2D eigenvalue weighted by atomic mass is 10.1. The molecule has 3 rings (SSSR count). The van der Waals surface area contributed by atoms with Gasteiger partial charge in [-0.3, -0.25) is 9.79 Å². The molecule has 3 N–H and O–H groups in total. The van der Waals surface area contributed by atoms with Crippen molar-refractivity contribution in [2.24, 2.45) is 4.99 Å². The number of guanidine groups is 1. The molecule has 0 unspecified atom stereocenters. The van der Waals surface area contributed by atoms with Gasteiger partial charge in [0.1, 0.15) is 5.82 Å². The number of rotatable bonds is 7. The summed E-state index contributed by atoms with van der Waals surface area (Å²) < 4.78 is 2.25. The monoisotopic (exact) mass is 392 g/mol. The van der Waals surface area contributed by atoms with Crippen LogP contribution in [0, 0.1) is 6.92 Å². The molecule has 7 heteroatoms. The topological polar surface area (TPSA) is 83.3 Å². The minimum Gasteiger partial charge on any atom is -0.356 e. The van der Waals surface area contributed by atoms with Gasteiger partial charge in [0, 0.05) is 39.3 Å². The van der Waals surface area contributed by atoms with E-state index in [4.69, 9.17) is 0 Å². The second-order valence-corrected chi connectivity index (χ2v) is 6.78. The van der Waals surface area contributed by atoms with Crippen molar-refractivity contribution in [2.45, 2.75) is 26.4 Å². The molecule has 152 valence electrons. The van der Waals surface area contributed by atoms with Crippen LogP contribution in [-0.4, -0.2) is 42.1 Å². The summed E-state index contributed by atoms with van der Waals surface area (Å²) in [5.41, 5.74) is 3.95. The van der Waals surface area contributed by atoms with Gasteiger partial charge in [0.05, 0.1) is 11.0 Å². The number of carbonyl (C=O) groups is 1. The molecule has 3 aromatic rings. The number of fused-ring (bicyclic) bond motifs is 1. The van der Waals surface area contributed by atoms with Gasteiger partial charge in [0.2, 0.25) is 0 Å². The normalized spacial score (nSPS) is 11.5. The highest BCUT2D eigenvalue weighted by Crippen LogP contribution is 2.15. The molecule has 0 aliphatic rings. The first-order valence-corrected chi connectivity index (χ1v) is 9.79. The Hall–Kier alpha value is -3.35. The molecular formula is C22H28N6O. The lowest BCUT2D eigenvalue weighted by molar-refractivity contribution is 0.0963. The second kappa shape index (κ2) is 9.73. The molecule has 0 radical (unpaired) electrons. The highest BCUT2D eigenvalue weighted by molar-refractivity contribution is 5.93. The number of hydrogen-bond acceptors (Lipinski definition) is 3. The maximum atomic E-state index is 11.6. The van der Waals surface area contributed by atoms with E-state index in [1.807, 2.05) is 49.4 Å². The van der Waals surface area contributed by atoms with E-state index in [1.165, 1.54) is 5.52 Å². The largest absolute Gasteiger partial charge is 0.356 e. The third kappa shape index (κ3) is 5.13. The van der Waals surface area contributed by atoms with Crippen molar-refractivity contribution in [3.63, 3.8) is 0 Å². The summed E-state index contributed by atoms with van der Waals surface area (Å²) in [7, 11) is 3.39. The van der Waals surface area contributed by atoms with Gasteiger partial charge in [0.25, 0.3) is 5.91 Å². The highest BCUT2D eigenvalue weighted by Gasteiger charge is 2.06. The van der Waals surface area contributed by atoms with Crippen LogP contribution in [0.1, 0.15) is 28.2 Å². The van der Waals surface area contributed by atoms with Crippen LogP contribution in [0.15, 0.2) is 53.5 Å². The number of para-hydroxylation sites is 2. The molecule has 0 bridgehead atoms. The Bertz CT molecular complexity index is 990. The smallest absolute Gasteiger partial charge is 0.251 e. The fraction of sp³-hybridized carbons (Fsp3) is 0.318. The number of aliphatic imine (C=N–C) groups is 1. The molecule has 0 fully saturated rings. The van der Waals surface area contributed by atoms with Crippen LogP contribution in [0.25, 0.3) is 11.0 Å². The average molecular weight is 393 g/mol. The Morgan fingerprint density at radius 3 is 2.59 bits per heavy atom. The molecule has 29 heavy (non-hydrogen) atoms. The van der Waals surface area contributed by atoms with Gasteiger partial charge >= 0.3 is 0 Å². The molecule has 0 saturated carbocycles. The standard InChI is InChI=1S/C22H28N6O/c1-16-27-19-7-4-5-8-20(19)28(16)14-6-13-25-22(24-3)26-15-17-9-11-18(12-10-17)21(29)23-2/h4-5,7-12H,6,13-15H2,1-3H3,(H,23,29)(H2,24,25,26). The summed E-state index contributed by atoms with van der Waals surface area (Å²) in [6.45, 7) is 4.39. The number of hydrogen-bond donors (Lipinski definition) is 3. The fourth-order valence-corrected chi connectivity index (χ4v) is 3.25. The number of benzene rings is 2. The summed E-state index contributed by atoms with van der Waals surface area (Å²) in [5, 5.41) is 9.27. The van der Waals surface area contributed by atoms with Crippen LogP contribution >= 0.6 is 0 Å². The first-order valence-electron chi connectivity index (χ1n) is 9.79. The summed E-state index contributed by atoms with van der Waals surface area (Å²) >= 11 is 0. The molecule has 7 nitrogen and oxygen atoms in total. The Morgan fingerprint density at radius 1 is 1.10 bits per heavy atom. The van der Waals surface area contributed by atoms with Gasteiger partial charge < -0.3 is 20.5 Å². The molecule has 2 aromatic carbocycles. The van der Waals surface area contributed by atoms with Crippen molar-refractivity contribution >= 4 is 22.9 Å². The second-order valence-electron chi connectivity index (χ2n) is 6.78. The molecular weight excluding hydrogens is 364 g/mol. The molecule has 0 aliphatic heterocycles. The average Bonchev–Trinajstić information content (AvgIpc) is 3.08. The molecule has 1 amide bonds. The minimum atomic E-state index is -0.0807. The Balaban J connectivity index is 1.46. The van der Waals surface area contributed by atoms with Crippen LogP contribution < -0.4 is 16.0 Å². The van der Waals surface area contributed by atoms with Crippen molar-refractivity contribution in [3.05, 3.63) is 65.5 Å². The number of amides is 1. The fourth-order valence-electron chi connectivity index (χ4n) is 3.25. The van der Waals surface area contributed by atoms with E-state index in [0.717, 1.165) is 42.4 Å². The van der Waals surface area contributed by atoms with Crippen LogP contribution in [0.2, 0.25) is 0 Å². The number of nitrogens with zero attached hydrogens (tertiary/aromatic N) is 3. The van der Waals surface area contributed by atoms with E-state index in [9.17, 15) is 4.79 Å². The SMILES string of the molecule is CN=C(NCCCn1c(C)nc2ccccc21)NCc1ccc(C(=O)NC)cc1. The summed E-state index contributed by atoms with van der Waals surface area (Å²) in [6, 6.07) is 15.7. The zero-order valence-corrected chi connectivity index (χ0v) is 17.2. The summed E-state index contributed by atoms with van der Waals surface area (Å²) in [4.78, 5) is 20.5. The number of carbonyl (C=O) groups excluding carboxylic acids is 1. The minimum absolute atomic E-state index is 0.0807. The van der Waals surface area contributed by atoms with E-state index in [0.29, 0.717) is 12.1 Å². The summed E-state index contributed by atoms with van der Waals surface area (Å²) in [5.74, 6) is 1.71. The van der Waals surface area contributed by atoms with Crippen LogP contribution in [0.3, 0.4) is 0 Å². The zero-order valence-electron chi connectivity index (χ0n) is 17.2. The third-order valence-corrected chi connectivity index (χ3v) is 4.82.